The molecule has 3 heteroatoms. The number of halogens is 1. The molecule has 0 spiro atoms. The number of hydrogen-bond acceptors (Lipinski definition) is 2. The Labute approximate surface area is 127 Å². The van der Waals surface area contributed by atoms with Gasteiger partial charge in [0.15, 0.2) is 0 Å². The van der Waals surface area contributed by atoms with Gasteiger partial charge in [-0.25, -0.2) is 0 Å². The molecule has 3 rings (SSSR count). The van der Waals surface area contributed by atoms with E-state index in [0.717, 1.165) is 18.9 Å². The van der Waals surface area contributed by atoms with E-state index in [-0.39, 0.29) is 0 Å². The molecular formula is C16H18BrNS. The van der Waals surface area contributed by atoms with E-state index < -0.39 is 0 Å². The van der Waals surface area contributed by atoms with Crippen LogP contribution in [0, 0.1) is 0 Å². The zero-order chi connectivity index (χ0) is 13.1. The predicted octanol–water partition coefficient (Wildman–Crippen LogP) is 4.59. The highest BCUT2D eigenvalue weighted by molar-refractivity contribution is 9.10. The number of thiophene rings is 1. The maximum Gasteiger partial charge on any atom is 0.0210 e. The van der Waals surface area contributed by atoms with E-state index in [1.165, 1.54) is 28.4 Å². The standard InChI is InChI=1S/C16H18BrNS/c17-16-4-2-1-3-15(16)13-9-14(10-13)18-7-5-12-6-8-19-11-12/h1-4,6,8,11,13-14,18H,5,7,9-10H2. The average Bonchev–Trinajstić information content (AvgIpc) is 2.87. The first-order valence-corrected chi connectivity index (χ1v) is 8.55. The maximum absolute atomic E-state index is 3.67. The third-order valence-electron chi connectivity index (χ3n) is 3.91. The smallest absolute Gasteiger partial charge is 0.0210 e. The lowest BCUT2D eigenvalue weighted by molar-refractivity contribution is 0.292. The molecule has 0 saturated heterocycles. The van der Waals surface area contributed by atoms with Crippen molar-refractivity contribution in [1.29, 1.82) is 0 Å². The number of benzene rings is 1. The zero-order valence-electron chi connectivity index (χ0n) is 10.8. The van der Waals surface area contributed by atoms with Crippen molar-refractivity contribution in [1.82, 2.24) is 5.32 Å². The normalized spacial score (nSPS) is 22.2. The van der Waals surface area contributed by atoms with Gasteiger partial charge in [-0.05, 0) is 65.7 Å². The summed E-state index contributed by atoms with van der Waals surface area (Å²) < 4.78 is 1.26. The second-order valence-electron chi connectivity index (χ2n) is 5.22. The van der Waals surface area contributed by atoms with Gasteiger partial charge in [0.25, 0.3) is 0 Å². The Morgan fingerprint density at radius 2 is 2.05 bits per heavy atom. The average molecular weight is 336 g/mol. The van der Waals surface area contributed by atoms with E-state index in [4.69, 9.17) is 0 Å². The van der Waals surface area contributed by atoms with Gasteiger partial charge in [0, 0.05) is 10.5 Å². The van der Waals surface area contributed by atoms with Gasteiger partial charge < -0.3 is 5.32 Å². The summed E-state index contributed by atoms with van der Waals surface area (Å²) in [7, 11) is 0. The molecule has 19 heavy (non-hydrogen) atoms. The summed E-state index contributed by atoms with van der Waals surface area (Å²) in [6.07, 6.45) is 3.69. The Morgan fingerprint density at radius 1 is 1.21 bits per heavy atom. The molecule has 1 aliphatic carbocycles. The van der Waals surface area contributed by atoms with Crippen molar-refractivity contribution >= 4 is 27.3 Å². The van der Waals surface area contributed by atoms with Gasteiger partial charge in [-0.15, -0.1) is 0 Å². The van der Waals surface area contributed by atoms with Crippen LogP contribution < -0.4 is 5.32 Å². The minimum Gasteiger partial charge on any atom is -0.314 e. The SMILES string of the molecule is Brc1ccccc1C1CC(NCCc2ccsc2)C1. The highest BCUT2D eigenvalue weighted by atomic mass is 79.9. The molecule has 1 aromatic carbocycles. The lowest BCUT2D eigenvalue weighted by Gasteiger charge is -2.37. The van der Waals surface area contributed by atoms with Gasteiger partial charge in [-0.1, -0.05) is 34.1 Å². The molecule has 0 bridgehead atoms. The summed E-state index contributed by atoms with van der Waals surface area (Å²) in [6, 6.07) is 11.5. The van der Waals surface area contributed by atoms with Gasteiger partial charge >= 0.3 is 0 Å². The molecule has 1 saturated carbocycles. The maximum atomic E-state index is 3.67. The molecule has 1 nitrogen and oxygen atoms in total. The fraction of sp³-hybridized carbons (Fsp3) is 0.375. The molecule has 2 aromatic rings. The molecule has 0 aliphatic heterocycles. The van der Waals surface area contributed by atoms with Crippen LogP contribution in [-0.4, -0.2) is 12.6 Å². The monoisotopic (exact) mass is 335 g/mol. The Morgan fingerprint density at radius 3 is 2.79 bits per heavy atom. The quantitative estimate of drug-likeness (QED) is 0.842. The summed E-state index contributed by atoms with van der Waals surface area (Å²) in [4.78, 5) is 0. The molecule has 100 valence electrons. The Balaban J connectivity index is 1.42. The second kappa shape index (κ2) is 6.21. The fourth-order valence-electron chi connectivity index (χ4n) is 2.70. The van der Waals surface area contributed by atoms with Crippen LogP contribution in [-0.2, 0) is 6.42 Å². The molecule has 0 radical (unpaired) electrons. The molecule has 0 atom stereocenters. The molecule has 1 fully saturated rings. The van der Waals surface area contributed by atoms with Crippen molar-refractivity contribution in [2.45, 2.75) is 31.2 Å². The summed E-state index contributed by atoms with van der Waals surface area (Å²) in [5.41, 5.74) is 2.93. The van der Waals surface area contributed by atoms with Crippen molar-refractivity contribution in [3.8, 4) is 0 Å². The van der Waals surface area contributed by atoms with Crippen molar-refractivity contribution in [3.05, 3.63) is 56.7 Å². The van der Waals surface area contributed by atoms with Gasteiger partial charge in [-0.3, -0.25) is 0 Å². The van der Waals surface area contributed by atoms with Crippen LogP contribution in [0.2, 0.25) is 0 Å². The van der Waals surface area contributed by atoms with E-state index in [1.807, 2.05) is 0 Å². The summed E-state index contributed by atoms with van der Waals surface area (Å²) in [5.74, 6) is 0.731. The molecule has 1 heterocycles. The van der Waals surface area contributed by atoms with Crippen molar-refractivity contribution in [3.63, 3.8) is 0 Å². The van der Waals surface area contributed by atoms with Crippen molar-refractivity contribution in [2.24, 2.45) is 0 Å². The van der Waals surface area contributed by atoms with E-state index in [0.29, 0.717) is 6.04 Å². The third kappa shape index (κ3) is 3.28. The zero-order valence-corrected chi connectivity index (χ0v) is 13.2. The first kappa shape index (κ1) is 13.3. The Hall–Kier alpha value is -0.640. The lowest BCUT2D eigenvalue weighted by Crippen LogP contribution is -2.41. The number of hydrogen-bond donors (Lipinski definition) is 1. The second-order valence-corrected chi connectivity index (χ2v) is 6.86. The van der Waals surface area contributed by atoms with E-state index in [2.05, 4.69) is 62.3 Å². The van der Waals surface area contributed by atoms with Crippen LogP contribution >= 0.6 is 27.3 Å². The Kier molecular flexibility index (Phi) is 4.36. The van der Waals surface area contributed by atoms with E-state index >= 15 is 0 Å². The minimum atomic E-state index is 0.704. The summed E-state index contributed by atoms with van der Waals surface area (Å²) in [5, 5.41) is 8.06. The first-order chi connectivity index (χ1) is 9.33. The van der Waals surface area contributed by atoms with Gasteiger partial charge in [0.2, 0.25) is 0 Å². The van der Waals surface area contributed by atoms with Crippen LogP contribution in [0.4, 0.5) is 0 Å². The van der Waals surface area contributed by atoms with E-state index in [9.17, 15) is 0 Å². The van der Waals surface area contributed by atoms with Crippen LogP contribution in [0.1, 0.15) is 29.9 Å². The van der Waals surface area contributed by atoms with Crippen molar-refractivity contribution < 1.29 is 0 Å². The third-order valence-corrected chi connectivity index (χ3v) is 5.36. The Bertz CT molecular complexity index is 517. The van der Waals surface area contributed by atoms with Crippen LogP contribution in [0.15, 0.2) is 45.6 Å². The number of rotatable bonds is 5. The molecule has 1 N–H and O–H groups in total. The highest BCUT2D eigenvalue weighted by Crippen LogP contribution is 2.39. The topological polar surface area (TPSA) is 12.0 Å². The molecule has 1 aromatic heterocycles. The van der Waals surface area contributed by atoms with Crippen LogP contribution in [0.25, 0.3) is 0 Å². The minimum absolute atomic E-state index is 0.704. The van der Waals surface area contributed by atoms with Gasteiger partial charge in [-0.2, -0.15) is 11.3 Å². The first-order valence-electron chi connectivity index (χ1n) is 6.82. The largest absolute Gasteiger partial charge is 0.314 e. The highest BCUT2D eigenvalue weighted by Gasteiger charge is 2.30. The fourth-order valence-corrected chi connectivity index (χ4v) is 4.01. The molecule has 0 amide bonds. The molecular weight excluding hydrogens is 318 g/mol. The number of nitrogens with one attached hydrogen (secondary N) is 1. The van der Waals surface area contributed by atoms with Gasteiger partial charge in [0.1, 0.15) is 0 Å². The molecule has 0 unspecified atom stereocenters. The van der Waals surface area contributed by atoms with Gasteiger partial charge in [0.05, 0.1) is 0 Å². The molecule has 1 aliphatic rings. The predicted molar refractivity (Wildman–Crippen MR) is 85.9 cm³/mol. The van der Waals surface area contributed by atoms with Crippen molar-refractivity contribution in [2.75, 3.05) is 6.54 Å². The van der Waals surface area contributed by atoms with Crippen LogP contribution in [0.3, 0.4) is 0 Å². The van der Waals surface area contributed by atoms with Crippen LogP contribution in [0.5, 0.6) is 0 Å². The van der Waals surface area contributed by atoms with E-state index in [1.54, 1.807) is 11.3 Å². The lowest BCUT2D eigenvalue weighted by atomic mass is 9.76. The summed E-state index contributed by atoms with van der Waals surface area (Å²) >= 11 is 5.44. The summed E-state index contributed by atoms with van der Waals surface area (Å²) in [6.45, 7) is 1.10.